The number of para-hydroxylation sites is 1. The molecule has 66 heavy (non-hydrogen) atoms. The van der Waals surface area contributed by atoms with Crippen LogP contribution < -0.4 is 30.7 Å². The zero-order valence-corrected chi connectivity index (χ0v) is 37.4. The first kappa shape index (κ1) is 42.6. The molecule has 1 aliphatic carbocycles. The number of nitrogens with two attached hydrogens (primary N) is 1. The van der Waals surface area contributed by atoms with Crippen LogP contribution in [0.2, 0.25) is 0 Å². The highest BCUT2D eigenvalue weighted by Gasteiger charge is 2.42. The van der Waals surface area contributed by atoms with Gasteiger partial charge >= 0.3 is 6.03 Å². The molecule has 5 aliphatic heterocycles. The molecule has 1 saturated carbocycles. The van der Waals surface area contributed by atoms with Crippen LogP contribution in [0, 0.1) is 11.7 Å². The van der Waals surface area contributed by atoms with Gasteiger partial charge in [-0.3, -0.25) is 15.0 Å². The standard InChI is InChI=1S/C49H58FN11O5/c1-31-26-58(20-21-59(31)43-24-41(54-55-46(43)51)37-4-2-3-5-44(37)62)34-8-9-40(50)42(23-34)57-15-10-32(11-16-57)27-56-18-13-49(14-19-56)65-29-36(30-66-49)61-28-39(33-6-7-33)38-22-35(25-52-47(38)61)60-17-12-45(63)53-48(60)64/h2-5,8-9,22-25,28,31-33,36,62H,6-7,10-21,26-27,29-30H2,1H3,(H2,51,55)(H,53,63,64)/t31-/m0/s1. The van der Waals surface area contributed by atoms with Crippen LogP contribution in [0.15, 0.2) is 67.0 Å². The van der Waals surface area contributed by atoms with Gasteiger partial charge < -0.3 is 44.5 Å². The molecule has 0 bridgehead atoms. The van der Waals surface area contributed by atoms with E-state index in [2.05, 4.69) is 52.8 Å². The van der Waals surface area contributed by atoms with Crippen molar-refractivity contribution in [3.8, 4) is 17.0 Å². The highest BCUT2D eigenvalue weighted by atomic mass is 19.1. The molecule has 6 aliphatic rings. The minimum Gasteiger partial charge on any atom is -0.507 e. The predicted octanol–water partition coefficient (Wildman–Crippen LogP) is 6.26. The lowest BCUT2D eigenvalue weighted by Gasteiger charge is -2.46. The third-order valence-corrected chi connectivity index (χ3v) is 14.8. The number of nitrogens with one attached hydrogen (secondary N) is 1. The first-order valence-electron chi connectivity index (χ1n) is 23.7. The predicted molar refractivity (Wildman–Crippen MR) is 250 cm³/mol. The number of carbonyl (C=O) groups is 2. The largest absolute Gasteiger partial charge is 0.507 e. The van der Waals surface area contributed by atoms with Gasteiger partial charge in [-0.05, 0) is 92.5 Å². The number of anilines is 5. The highest BCUT2D eigenvalue weighted by molar-refractivity contribution is 6.06. The van der Waals surface area contributed by atoms with Gasteiger partial charge in [-0.2, -0.15) is 0 Å². The van der Waals surface area contributed by atoms with Crippen LogP contribution in [0.5, 0.6) is 5.75 Å². The van der Waals surface area contributed by atoms with E-state index < -0.39 is 11.8 Å². The molecule has 1 atom stereocenters. The SMILES string of the molecule is C[C@H]1CN(c2ccc(F)c(N3CCC(CN4CCC5(CC4)OCC(n4cc(C6CC6)c6cc(N7CCC(=O)NC7=O)cnc64)CO5)CC3)c2)CCN1c1cc(-c2ccccc2O)nnc1N. The maximum absolute atomic E-state index is 15.5. The third-order valence-electron chi connectivity index (χ3n) is 14.8. The number of phenolic OH excluding ortho intramolecular Hbond substituents is 1. The molecular formula is C49H58FN11O5. The molecule has 8 heterocycles. The summed E-state index contributed by atoms with van der Waals surface area (Å²) in [5.41, 5.74) is 12.8. The normalized spacial score (nSPS) is 22.4. The van der Waals surface area contributed by atoms with Gasteiger partial charge in [0.05, 0.1) is 48.2 Å². The van der Waals surface area contributed by atoms with Gasteiger partial charge in [0.25, 0.3) is 0 Å². The summed E-state index contributed by atoms with van der Waals surface area (Å²) < 4.78 is 31.0. The second kappa shape index (κ2) is 17.3. The molecule has 16 nitrogen and oxygen atoms in total. The Morgan fingerprint density at radius 1 is 0.879 bits per heavy atom. The number of piperidine rings is 2. The molecule has 4 N–H and O–H groups in total. The number of benzene rings is 2. The lowest BCUT2D eigenvalue weighted by atomic mass is 9.94. The van der Waals surface area contributed by atoms with Gasteiger partial charge in [-0.25, -0.2) is 14.2 Å². The van der Waals surface area contributed by atoms with Crippen molar-refractivity contribution in [3.05, 3.63) is 78.4 Å². The number of fused-ring (bicyclic) bond motifs is 1. The van der Waals surface area contributed by atoms with Gasteiger partial charge in [0.15, 0.2) is 11.6 Å². The topological polar surface area (TPSA) is 171 Å². The van der Waals surface area contributed by atoms with Crippen LogP contribution >= 0.6 is 0 Å². The number of hydrogen-bond donors (Lipinski definition) is 3. The number of piperazine rings is 1. The number of pyridine rings is 1. The van der Waals surface area contributed by atoms with E-state index in [4.69, 9.17) is 20.2 Å². The summed E-state index contributed by atoms with van der Waals surface area (Å²) in [6, 6.07) is 16.2. The molecule has 3 amide bonds. The molecule has 0 unspecified atom stereocenters. The van der Waals surface area contributed by atoms with Gasteiger partial charge in [0, 0.05) is 107 Å². The van der Waals surface area contributed by atoms with Crippen molar-refractivity contribution in [2.45, 2.75) is 75.7 Å². The van der Waals surface area contributed by atoms with Crippen molar-refractivity contribution in [3.63, 3.8) is 0 Å². The van der Waals surface area contributed by atoms with Gasteiger partial charge in [-0.15, -0.1) is 10.2 Å². The van der Waals surface area contributed by atoms with E-state index in [1.54, 1.807) is 29.3 Å². The number of nitrogens with zero attached hydrogens (tertiary/aromatic N) is 9. The van der Waals surface area contributed by atoms with Crippen LogP contribution in [0.4, 0.5) is 37.8 Å². The summed E-state index contributed by atoms with van der Waals surface area (Å²) in [6.07, 6.45) is 10.1. The van der Waals surface area contributed by atoms with Crippen LogP contribution in [-0.4, -0.2) is 126 Å². The molecule has 11 rings (SSSR count). The zero-order chi connectivity index (χ0) is 45.1. The lowest BCUT2D eigenvalue weighted by Crippen LogP contribution is -2.53. The quantitative estimate of drug-likeness (QED) is 0.152. The summed E-state index contributed by atoms with van der Waals surface area (Å²) in [4.78, 5) is 40.1. The van der Waals surface area contributed by atoms with E-state index in [-0.39, 0.29) is 36.0 Å². The highest BCUT2D eigenvalue weighted by Crippen LogP contribution is 2.46. The second-order valence-electron chi connectivity index (χ2n) is 19.1. The molecule has 5 aromatic rings. The number of rotatable bonds is 9. The Bertz CT molecular complexity index is 2630. The Morgan fingerprint density at radius 3 is 2.41 bits per heavy atom. The second-order valence-corrected chi connectivity index (χ2v) is 19.1. The smallest absolute Gasteiger partial charge is 0.328 e. The fourth-order valence-electron chi connectivity index (χ4n) is 10.9. The Hall–Kier alpha value is -6.04. The van der Waals surface area contributed by atoms with E-state index >= 15 is 4.39 Å². The average Bonchev–Trinajstić information content (AvgIpc) is 4.11. The summed E-state index contributed by atoms with van der Waals surface area (Å²) in [7, 11) is 0. The lowest BCUT2D eigenvalue weighted by molar-refractivity contribution is -0.295. The summed E-state index contributed by atoms with van der Waals surface area (Å²) in [6.45, 7) is 10.2. The number of amides is 3. The van der Waals surface area contributed by atoms with Crippen molar-refractivity contribution in [2.24, 2.45) is 5.92 Å². The number of nitrogen functional groups attached to an aromatic ring is 1. The van der Waals surface area contributed by atoms with Gasteiger partial charge in [-0.1, -0.05) is 12.1 Å². The minimum atomic E-state index is -0.578. The molecule has 6 fully saturated rings. The van der Waals surface area contributed by atoms with Gasteiger partial charge in [0.1, 0.15) is 17.2 Å². The molecule has 17 heteroatoms. The Kier molecular flexibility index (Phi) is 11.2. The number of carbonyl (C=O) groups excluding carboxylic acids is 2. The maximum Gasteiger partial charge on any atom is 0.328 e. The summed E-state index contributed by atoms with van der Waals surface area (Å²) in [5, 5.41) is 22.4. The molecule has 5 saturated heterocycles. The van der Waals surface area contributed by atoms with Crippen LogP contribution in [0.3, 0.4) is 0 Å². The number of phenols is 1. The number of imide groups is 1. The van der Waals surface area contributed by atoms with Crippen molar-refractivity contribution >= 4 is 51.5 Å². The van der Waals surface area contributed by atoms with E-state index in [0.717, 1.165) is 107 Å². The van der Waals surface area contributed by atoms with Crippen molar-refractivity contribution in [1.29, 1.82) is 0 Å². The van der Waals surface area contributed by atoms with Crippen LogP contribution in [-0.2, 0) is 14.3 Å². The van der Waals surface area contributed by atoms with E-state index in [0.29, 0.717) is 66.6 Å². The van der Waals surface area contributed by atoms with E-state index in [1.807, 2.05) is 36.4 Å². The molecule has 1 spiro atoms. The monoisotopic (exact) mass is 899 g/mol. The van der Waals surface area contributed by atoms with Crippen molar-refractivity contribution in [1.82, 2.24) is 30.0 Å². The fourth-order valence-corrected chi connectivity index (χ4v) is 10.9. The number of ether oxygens (including phenoxy) is 2. The first-order chi connectivity index (χ1) is 32.1. The first-order valence-corrected chi connectivity index (χ1v) is 23.7. The summed E-state index contributed by atoms with van der Waals surface area (Å²) >= 11 is 0. The molecular weight excluding hydrogens is 842 g/mol. The summed E-state index contributed by atoms with van der Waals surface area (Å²) in [5.74, 6) is 0.498. The Balaban J connectivity index is 0.664. The fraction of sp³-hybridized carbons (Fsp3) is 0.490. The molecule has 0 radical (unpaired) electrons. The number of likely N-dealkylation sites (tertiary alicyclic amines) is 1. The van der Waals surface area contributed by atoms with E-state index in [9.17, 15) is 14.7 Å². The number of aromatic hydroxyl groups is 1. The number of aromatic nitrogens is 4. The van der Waals surface area contributed by atoms with Crippen LogP contribution in [0.1, 0.15) is 69.4 Å². The van der Waals surface area contributed by atoms with Crippen LogP contribution in [0.25, 0.3) is 22.3 Å². The molecule has 346 valence electrons. The average molecular weight is 900 g/mol. The molecule has 3 aromatic heterocycles. The van der Waals surface area contributed by atoms with Gasteiger partial charge in [0.2, 0.25) is 5.91 Å². The Labute approximate surface area is 383 Å². The number of hydrogen-bond acceptors (Lipinski definition) is 13. The third kappa shape index (κ3) is 8.25. The van der Waals surface area contributed by atoms with Crippen molar-refractivity contribution < 1.29 is 28.6 Å². The Morgan fingerprint density at radius 2 is 1.67 bits per heavy atom. The maximum atomic E-state index is 15.5. The van der Waals surface area contributed by atoms with Crippen molar-refractivity contribution in [2.75, 3.05) is 97.4 Å². The minimum absolute atomic E-state index is 0.00982. The number of halogens is 1. The number of urea groups is 1. The van der Waals surface area contributed by atoms with E-state index in [1.165, 1.54) is 5.56 Å². The zero-order valence-electron chi connectivity index (χ0n) is 37.4. The molecule has 2 aromatic carbocycles.